The molecule has 0 saturated carbocycles. The molecule has 1 aliphatic rings. The van der Waals surface area contributed by atoms with Crippen LogP contribution in [0.25, 0.3) is 0 Å². The highest BCUT2D eigenvalue weighted by molar-refractivity contribution is 5.76. The molecule has 0 unspecified atom stereocenters. The minimum Gasteiger partial charge on any atom is -0.353 e. The van der Waals surface area contributed by atoms with Gasteiger partial charge in [0.2, 0.25) is 5.91 Å². The molecule has 0 bridgehead atoms. The first-order chi connectivity index (χ1) is 9.05. The second-order valence-electron chi connectivity index (χ2n) is 6.21. The first-order valence-corrected chi connectivity index (χ1v) is 7.76. The maximum absolute atomic E-state index is 12.0. The van der Waals surface area contributed by atoms with E-state index in [1.165, 1.54) is 0 Å². The fourth-order valence-corrected chi connectivity index (χ4v) is 2.87. The van der Waals surface area contributed by atoms with Gasteiger partial charge in [-0.25, -0.2) is 0 Å². The van der Waals surface area contributed by atoms with E-state index in [0.717, 1.165) is 38.9 Å². The van der Waals surface area contributed by atoms with Crippen molar-refractivity contribution in [3.05, 3.63) is 0 Å². The first-order valence-electron chi connectivity index (χ1n) is 7.76. The molecule has 4 nitrogen and oxygen atoms in total. The van der Waals surface area contributed by atoms with Crippen molar-refractivity contribution >= 4 is 5.91 Å². The number of carbonyl (C=O) groups excluding carboxylic acids is 1. The summed E-state index contributed by atoms with van der Waals surface area (Å²) in [6.45, 7) is 10.5. The Bertz CT molecular complexity index is 260. The Morgan fingerprint density at radius 3 is 2.47 bits per heavy atom. The van der Waals surface area contributed by atoms with Gasteiger partial charge in [-0.1, -0.05) is 20.8 Å². The number of rotatable bonds is 7. The van der Waals surface area contributed by atoms with Crippen molar-refractivity contribution in [2.75, 3.05) is 26.2 Å². The summed E-state index contributed by atoms with van der Waals surface area (Å²) < 4.78 is 0. The monoisotopic (exact) mass is 269 g/mol. The third kappa shape index (κ3) is 6.39. The summed E-state index contributed by atoms with van der Waals surface area (Å²) in [6.07, 6.45) is 3.79. The van der Waals surface area contributed by atoms with Gasteiger partial charge in [-0.05, 0) is 44.2 Å². The summed E-state index contributed by atoms with van der Waals surface area (Å²) >= 11 is 0. The van der Waals surface area contributed by atoms with Crippen molar-refractivity contribution < 1.29 is 4.79 Å². The van der Waals surface area contributed by atoms with E-state index in [2.05, 4.69) is 31.0 Å². The standard InChI is InChI=1S/C15H31N3O/c1-4-18-7-5-14(6-8-18)17-15(19)10-13(11-16)9-12(2)3/h12-14H,4-11,16H2,1-3H3,(H,17,19)/t13-/m0/s1. The van der Waals surface area contributed by atoms with Crippen LogP contribution in [-0.4, -0.2) is 43.0 Å². The van der Waals surface area contributed by atoms with Crippen LogP contribution in [0.3, 0.4) is 0 Å². The van der Waals surface area contributed by atoms with Gasteiger partial charge in [0.05, 0.1) is 0 Å². The topological polar surface area (TPSA) is 58.4 Å². The normalized spacial score (nSPS) is 19.6. The number of hydrogen-bond donors (Lipinski definition) is 2. The number of amides is 1. The van der Waals surface area contributed by atoms with E-state index in [1.807, 2.05) is 0 Å². The minimum absolute atomic E-state index is 0.186. The zero-order chi connectivity index (χ0) is 14.3. The van der Waals surface area contributed by atoms with Crippen LogP contribution in [0.2, 0.25) is 0 Å². The number of carbonyl (C=O) groups is 1. The molecule has 1 aliphatic heterocycles. The van der Waals surface area contributed by atoms with Gasteiger partial charge in [-0.2, -0.15) is 0 Å². The van der Waals surface area contributed by atoms with Crippen molar-refractivity contribution in [3.8, 4) is 0 Å². The van der Waals surface area contributed by atoms with Gasteiger partial charge in [0.15, 0.2) is 0 Å². The summed E-state index contributed by atoms with van der Waals surface area (Å²) in [5.41, 5.74) is 5.75. The Labute approximate surface area is 118 Å². The van der Waals surface area contributed by atoms with Crippen LogP contribution in [-0.2, 0) is 4.79 Å². The Hall–Kier alpha value is -0.610. The van der Waals surface area contributed by atoms with Crippen LogP contribution in [0.1, 0.15) is 46.5 Å². The van der Waals surface area contributed by atoms with Gasteiger partial charge in [-0.3, -0.25) is 4.79 Å². The third-order valence-electron chi connectivity index (χ3n) is 4.01. The molecule has 0 aromatic heterocycles. The minimum atomic E-state index is 0.186. The highest BCUT2D eigenvalue weighted by Gasteiger charge is 2.21. The van der Waals surface area contributed by atoms with Crippen LogP contribution < -0.4 is 11.1 Å². The molecule has 1 heterocycles. The van der Waals surface area contributed by atoms with Gasteiger partial charge in [0.25, 0.3) is 0 Å². The molecule has 1 saturated heterocycles. The number of nitrogens with one attached hydrogen (secondary N) is 1. The van der Waals surface area contributed by atoms with Gasteiger partial charge < -0.3 is 16.0 Å². The number of likely N-dealkylation sites (tertiary alicyclic amines) is 1. The lowest BCUT2D eigenvalue weighted by Crippen LogP contribution is -2.45. The zero-order valence-electron chi connectivity index (χ0n) is 12.8. The lowest BCUT2D eigenvalue weighted by Gasteiger charge is -2.31. The maximum atomic E-state index is 12.0. The maximum Gasteiger partial charge on any atom is 0.220 e. The smallest absolute Gasteiger partial charge is 0.220 e. The first kappa shape index (κ1) is 16.4. The second-order valence-corrected chi connectivity index (χ2v) is 6.21. The van der Waals surface area contributed by atoms with Crippen molar-refractivity contribution in [2.45, 2.75) is 52.5 Å². The number of hydrogen-bond acceptors (Lipinski definition) is 3. The molecule has 0 spiro atoms. The summed E-state index contributed by atoms with van der Waals surface area (Å²) in [6, 6.07) is 0.368. The Morgan fingerprint density at radius 2 is 2.00 bits per heavy atom. The molecule has 0 aromatic rings. The molecule has 0 aromatic carbocycles. The number of nitrogens with two attached hydrogens (primary N) is 1. The van der Waals surface area contributed by atoms with Gasteiger partial charge >= 0.3 is 0 Å². The van der Waals surface area contributed by atoms with Gasteiger partial charge in [0.1, 0.15) is 0 Å². The largest absolute Gasteiger partial charge is 0.353 e. The van der Waals surface area contributed by atoms with Crippen molar-refractivity contribution in [1.82, 2.24) is 10.2 Å². The summed E-state index contributed by atoms with van der Waals surface area (Å²) in [5, 5.41) is 3.18. The van der Waals surface area contributed by atoms with E-state index >= 15 is 0 Å². The molecule has 3 N–H and O–H groups in total. The van der Waals surface area contributed by atoms with Crippen LogP contribution in [0.15, 0.2) is 0 Å². The molecule has 1 atom stereocenters. The molecule has 4 heteroatoms. The molecule has 0 aliphatic carbocycles. The molecular weight excluding hydrogens is 238 g/mol. The van der Waals surface area contributed by atoms with Crippen molar-refractivity contribution in [2.24, 2.45) is 17.6 Å². The highest BCUT2D eigenvalue weighted by Crippen LogP contribution is 2.15. The summed E-state index contributed by atoms with van der Waals surface area (Å²) in [4.78, 5) is 14.5. The second kappa shape index (κ2) is 8.54. The quantitative estimate of drug-likeness (QED) is 0.738. The Morgan fingerprint density at radius 1 is 1.37 bits per heavy atom. The van der Waals surface area contributed by atoms with Crippen LogP contribution in [0, 0.1) is 11.8 Å². The van der Waals surface area contributed by atoms with Crippen LogP contribution in [0.5, 0.6) is 0 Å². The lowest BCUT2D eigenvalue weighted by molar-refractivity contribution is -0.123. The lowest BCUT2D eigenvalue weighted by atomic mass is 9.93. The van der Waals surface area contributed by atoms with Crippen molar-refractivity contribution in [1.29, 1.82) is 0 Å². The molecule has 112 valence electrons. The average molecular weight is 269 g/mol. The molecule has 0 radical (unpaired) electrons. The molecular formula is C15H31N3O. The summed E-state index contributed by atoms with van der Waals surface area (Å²) in [5.74, 6) is 1.12. The van der Waals surface area contributed by atoms with E-state index < -0.39 is 0 Å². The summed E-state index contributed by atoms with van der Waals surface area (Å²) in [7, 11) is 0. The Balaban J connectivity index is 2.27. The highest BCUT2D eigenvalue weighted by atomic mass is 16.1. The van der Waals surface area contributed by atoms with Crippen molar-refractivity contribution in [3.63, 3.8) is 0 Å². The van der Waals surface area contributed by atoms with E-state index in [0.29, 0.717) is 30.8 Å². The SMILES string of the molecule is CCN1CCC(NC(=O)C[C@@H](CN)CC(C)C)CC1. The fraction of sp³-hybridized carbons (Fsp3) is 0.933. The fourth-order valence-electron chi connectivity index (χ4n) is 2.87. The molecule has 1 fully saturated rings. The zero-order valence-corrected chi connectivity index (χ0v) is 12.8. The molecule has 19 heavy (non-hydrogen) atoms. The number of nitrogens with zero attached hydrogens (tertiary/aromatic N) is 1. The van der Waals surface area contributed by atoms with E-state index in [1.54, 1.807) is 0 Å². The average Bonchev–Trinajstić information content (AvgIpc) is 2.38. The van der Waals surface area contributed by atoms with Gasteiger partial charge in [0, 0.05) is 25.6 Å². The van der Waals surface area contributed by atoms with E-state index in [4.69, 9.17) is 5.73 Å². The van der Waals surface area contributed by atoms with E-state index in [-0.39, 0.29) is 5.91 Å². The van der Waals surface area contributed by atoms with Crippen LogP contribution in [0.4, 0.5) is 0 Å². The van der Waals surface area contributed by atoms with Crippen LogP contribution >= 0.6 is 0 Å². The van der Waals surface area contributed by atoms with E-state index in [9.17, 15) is 4.79 Å². The molecule has 1 amide bonds. The third-order valence-corrected chi connectivity index (χ3v) is 4.01. The molecule has 1 rings (SSSR count). The number of piperidine rings is 1. The predicted molar refractivity (Wildman–Crippen MR) is 79.9 cm³/mol. The van der Waals surface area contributed by atoms with Gasteiger partial charge in [-0.15, -0.1) is 0 Å². The Kier molecular flexibility index (Phi) is 7.39. The predicted octanol–water partition coefficient (Wildman–Crippen LogP) is 1.60.